The van der Waals surface area contributed by atoms with E-state index in [1.54, 1.807) is 0 Å². The van der Waals surface area contributed by atoms with Gasteiger partial charge in [0.1, 0.15) is 0 Å². The Morgan fingerprint density at radius 3 is 2.10 bits per heavy atom. The normalized spacial score (nSPS) is 53.6. The largest absolute Gasteiger partial charge is 0.393 e. The second-order valence-electron chi connectivity index (χ2n) is 14.6. The molecule has 0 saturated heterocycles. The van der Waals surface area contributed by atoms with Gasteiger partial charge in [-0.1, -0.05) is 66.5 Å². The first-order valence-corrected chi connectivity index (χ1v) is 13.7. The molecule has 0 radical (unpaired) electrons. The van der Waals surface area contributed by atoms with Crippen molar-refractivity contribution in [3.63, 3.8) is 0 Å². The van der Waals surface area contributed by atoms with Gasteiger partial charge in [-0.25, -0.2) is 0 Å². The lowest BCUT2D eigenvalue weighted by atomic mass is 9.34. The zero-order chi connectivity index (χ0) is 22.6. The van der Waals surface area contributed by atoms with Crippen molar-refractivity contribution < 1.29 is 5.11 Å². The monoisotopic (exact) mass is 426 g/mol. The molecule has 8 atom stereocenters. The highest BCUT2D eigenvalue weighted by Crippen LogP contribution is 2.75. The Hall–Kier alpha value is -0.300. The number of aliphatic hydroxyl groups excluding tert-OH is 1. The van der Waals surface area contributed by atoms with E-state index in [9.17, 15) is 5.11 Å². The summed E-state index contributed by atoms with van der Waals surface area (Å²) in [5, 5.41) is 10.9. The van der Waals surface area contributed by atoms with Gasteiger partial charge in [0, 0.05) is 0 Å². The third-order valence-electron chi connectivity index (χ3n) is 13.2. The van der Waals surface area contributed by atoms with Crippen molar-refractivity contribution in [1.29, 1.82) is 0 Å². The molecule has 5 rings (SSSR count). The highest BCUT2D eigenvalue weighted by atomic mass is 16.3. The van der Waals surface area contributed by atoms with E-state index in [0.717, 1.165) is 24.2 Å². The number of aliphatic hydroxyl groups is 1. The van der Waals surface area contributed by atoms with Crippen LogP contribution >= 0.6 is 0 Å². The number of hydrogen-bond donors (Lipinski definition) is 1. The van der Waals surface area contributed by atoms with Crippen molar-refractivity contribution in [1.82, 2.24) is 0 Å². The van der Waals surface area contributed by atoms with E-state index in [1.807, 2.05) is 11.1 Å². The van der Waals surface area contributed by atoms with Crippen LogP contribution in [0.25, 0.3) is 0 Å². The summed E-state index contributed by atoms with van der Waals surface area (Å²) >= 11 is 0. The molecular weight excluding hydrogens is 376 g/mol. The summed E-state index contributed by atoms with van der Waals surface area (Å²) in [5.74, 6) is 3.18. The fourth-order valence-corrected chi connectivity index (χ4v) is 11.2. The lowest BCUT2D eigenvalue weighted by Gasteiger charge is -2.70. The van der Waals surface area contributed by atoms with Crippen molar-refractivity contribution in [3.05, 3.63) is 11.1 Å². The highest BCUT2D eigenvalue weighted by molar-refractivity contribution is 5.38. The molecular formula is C30H50O. The van der Waals surface area contributed by atoms with Crippen LogP contribution in [0.5, 0.6) is 0 Å². The van der Waals surface area contributed by atoms with Crippen molar-refractivity contribution in [2.45, 2.75) is 126 Å². The highest BCUT2D eigenvalue weighted by Gasteiger charge is 2.67. The maximum absolute atomic E-state index is 10.9. The second-order valence-corrected chi connectivity index (χ2v) is 14.6. The summed E-state index contributed by atoms with van der Waals surface area (Å²) in [4.78, 5) is 0. The van der Waals surface area contributed by atoms with Crippen LogP contribution in [0.2, 0.25) is 0 Å². The quantitative estimate of drug-likeness (QED) is 0.419. The minimum Gasteiger partial charge on any atom is -0.393 e. The molecule has 0 aliphatic heterocycles. The fraction of sp³-hybridized carbons (Fsp3) is 0.933. The molecule has 0 aromatic carbocycles. The van der Waals surface area contributed by atoms with Crippen molar-refractivity contribution in [2.75, 3.05) is 0 Å². The molecule has 0 heterocycles. The number of hydrogen-bond acceptors (Lipinski definition) is 1. The van der Waals surface area contributed by atoms with Crippen LogP contribution in [0.1, 0.15) is 120 Å². The van der Waals surface area contributed by atoms with Crippen LogP contribution in [0.3, 0.4) is 0 Å². The maximum Gasteiger partial charge on any atom is 0.0594 e. The topological polar surface area (TPSA) is 20.2 Å². The van der Waals surface area contributed by atoms with E-state index in [-0.39, 0.29) is 11.5 Å². The number of allylic oxidation sites excluding steroid dienone is 2. The fourth-order valence-electron chi connectivity index (χ4n) is 11.2. The van der Waals surface area contributed by atoms with Crippen LogP contribution < -0.4 is 0 Å². The molecule has 0 aromatic rings. The Morgan fingerprint density at radius 1 is 0.742 bits per heavy atom. The van der Waals surface area contributed by atoms with E-state index in [2.05, 4.69) is 55.4 Å². The molecule has 0 amide bonds. The average molecular weight is 427 g/mol. The minimum absolute atomic E-state index is 0.0645. The van der Waals surface area contributed by atoms with Crippen molar-refractivity contribution >= 4 is 0 Å². The molecule has 8 unspecified atom stereocenters. The summed E-state index contributed by atoms with van der Waals surface area (Å²) < 4.78 is 0. The third-order valence-corrected chi connectivity index (χ3v) is 13.2. The lowest BCUT2D eigenvalue weighted by molar-refractivity contribution is -0.204. The SMILES string of the molecule is CC(C)C1CCC2=C3CCC4C5(C)CCC(O)C(C)(C)C5CCC4(C)C3(C)CCC21C. The zero-order valence-corrected chi connectivity index (χ0v) is 21.9. The first-order valence-electron chi connectivity index (χ1n) is 13.7. The van der Waals surface area contributed by atoms with Gasteiger partial charge >= 0.3 is 0 Å². The van der Waals surface area contributed by atoms with Crippen LogP contribution in [0.4, 0.5) is 0 Å². The molecule has 176 valence electrons. The third kappa shape index (κ3) is 2.60. The summed E-state index contributed by atoms with van der Waals surface area (Å²) in [6.07, 6.45) is 13.2. The Labute approximate surface area is 192 Å². The van der Waals surface area contributed by atoms with Crippen LogP contribution in [-0.4, -0.2) is 11.2 Å². The summed E-state index contributed by atoms with van der Waals surface area (Å²) in [5.41, 5.74) is 5.61. The van der Waals surface area contributed by atoms with E-state index < -0.39 is 0 Å². The molecule has 4 fully saturated rings. The molecule has 1 N–H and O–H groups in total. The van der Waals surface area contributed by atoms with E-state index >= 15 is 0 Å². The molecule has 1 heteroatoms. The molecule has 1 nitrogen and oxygen atoms in total. The van der Waals surface area contributed by atoms with Gasteiger partial charge < -0.3 is 5.11 Å². The van der Waals surface area contributed by atoms with Gasteiger partial charge in [0.2, 0.25) is 0 Å². The van der Waals surface area contributed by atoms with E-state index in [1.165, 1.54) is 57.8 Å². The second kappa shape index (κ2) is 6.64. The summed E-state index contributed by atoms with van der Waals surface area (Å²) in [7, 11) is 0. The van der Waals surface area contributed by atoms with Crippen LogP contribution in [-0.2, 0) is 0 Å². The van der Waals surface area contributed by atoms with Gasteiger partial charge in [0.05, 0.1) is 6.10 Å². The van der Waals surface area contributed by atoms with E-state index in [0.29, 0.717) is 27.6 Å². The van der Waals surface area contributed by atoms with Gasteiger partial charge in [0.15, 0.2) is 0 Å². The number of fused-ring (bicyclic) bond motifs is 6. The first-order chi connectivity index (χ1) is 14.3. The summed E-state index contributed by atoms with van der Waals surface area (Å²) in [6.45, 7) is 20.4. The lowest BCUT2D eigenvalue weighted by Crippen LogP contribution is -2.63. The molecule has 31 heavy (non-hydrogen) atoms. The molecule has 0 aromatic heterocycles. The number of rotatable bonds is 1. The van der Waals surface area contributed by atoms with Gasteiger partial charge in [-0.2, -0.15) is 0 Å². The molecule has 4 saturated carbocycles. The van der Waals surface area contributed by atoms with Gasteiger partial charge in [-0.05, 0) is 115 Å². The minimum atomic E-state index is -0.117. The standard InChI is InChI=1S/C30H50O/c1-19(2)20-9-10-21-22-11-12-24-28(6)15-14-25(31)26(3,4)23(28)13-16-30(24,8)29(22,7)18-17-27(20,21)5/h19-20,23-25,31H,9-18H2,1-8H3. The van der Waals surface area contributed by atoms with Crippen molar-refractivity contribution in [2.24, 2.45) is 50.7 Å². The van der Waals surface area contributed by atoms with Crippen LogP contribution in [0, 0.1) is 50.7 Å². The summed E-state index contributed by atoms with van der Waals surface area (Å²) in [6, 6.07) is 0. The Bertz CT molecular complexity index is 790. The molecule has 0 bridgehead atoms. The maximum atomic E-state index is 10.9. The van der Waals surface area contributed by atoms with Gasteiger partial charge in [0.25, 0.3) is 0 Å². The van der Waals surface area contributed by atoms with Crippen LogP contribution in [0.15, 0.2) is 11.1 Å². The predicted molar refractivity (Wildman–Crippen MR) is 131 cm³/mol. The Balaban J connectivity index is 1.57. The molecule has 5 aliphatic rings. The zero-order valence-electron chi connectivity index (χ0n) is 21.9. The van der Waals surface area contributed by atoms with Crippen molar-refractivity contribution in [3.8, 4) is 0 Å². The van der Waals surface area contributed by atoms with Gasteiger partial charge in [-0.15, -0.1) is 0 Å². The first kappa shape index (κ1) is 22.5. The smallest absolute Gasteiger partial charge is 0.0594 e. The molecule has 5 aliphatic carbocycles. The van der Waals surface area contributed by atoms with E-state index in [4.69, 9.17) is 0 Å². The Kier molecular flexibility index (Phi) is 4.82. The average Bonchev–Trinajstić information content (AvgIpc) is 3.03. The molecule has 0 spiro atoms. The predicted octanol–water partition coefficient (Wildman–Crippen LogP) is 8.17. The van der Waals surface area contributed by atoms with Gasteiger partial charge in [-0.3, -0.25) is 0 Å². The Morgan fingerprint density at radius 2 is 1.42 bits per heavy atom.